The van der Waals surface area contributed by atoms with Gasteiger partial charge in [-0.15, -0.1) is 0 Å². The molecule has 3 rings (SSSR count). The molecule has 0 radical (unpaired) electrons. The molecule has 1 N–H and O–H groups in total. The van der Waals surface area contributed by atoms with Gasteiger partial charge in [0, 0.05) is 5.56 Å². The molecule has 0 fully saturated rings. The van der Waals surface area contributed by atoms with Crippen molar-refractivity contribution < 1.29 is 9.84 Å². The van der Waals surface area contributed by atoms with E-state index in [4.69, 9.17) is 4.74 Å². The normalized spacial score (nSPS) is 12.6. The van der Waals surface area contributed by atoms with Gasteiger partial charge in [0.15, 0.2) is 0 Å². The first-order valence-electron chi connectivity index (χ1n) is 8.03. The van der Waals surface area contributed by atoms with Crippen LogP contribution in [0.5, 0.6) is 5.75 Å². The monoisotopic (exact) mass is 306 g/mol. The number of fused-ring (bicyclic) bond motifs is 1. The molecule has 0 aliphatic heterocycles. The Morgan fingerprint density at radius 2 is 1.61 bits per heavy atom. The second kappa shape index (κ2) is 6.43. The molecule has 0 unspecified atom stereocenters. The molecule has 0 spiro atoms. The van der Waals surface area contributed by atoms with Gasteiger partial charge in [-0.25, -0.2) is 0 Å². The lowest BCUT2D eigenvalue weighted by atomic mass is 9.96. The zero-order valence-electron chi connectivity index (χ0n) is 13.8. The van der Waals surface area contributed by atoms with Gasteiger partial charge in [0.25, 0.3) is 0 Å². The summed E-state index contributed by atoms with van der Waals surface area (Å²) in [6.07, 6.45) is -0.486. The van der Waals surface area contributed by atoms with Crippen molar-refractivity contribution in [2.45, 2.75) is 33.0 Å². The van der Waals surface area contributed by atoms with Crippen molar-refractivity contribution in [1.29, 1.82) is 0 Å². The average Bonchev–Trinajstić information content (AvgIpc) is 2.53. The summed E-state index contributed by atoms with van der Waals surface area (Å²) in [6.45, 7) is 5.76. The van der Waals surface area contributed by atoms with Crippen molar-refractivity contribution in [2.24, 2.45) is 0 Å². The number of hydrogen-bond acceptors (Lipinski definition) is 2. The van der Waals surface area contributed by atoms with Gasteiger partial charge in [-0.1, -0.05) is 54.6 Å². The highest BCUT2D eigenvalue weighted by Gasteiger charge is 2.13. The van der Waals surface area contributed by atoms with Crippen LogP contribution in [0.15, 0.2) is 60.7 Å². The SMILES string of the molecule is CC(C)Oc1cc(-c2cccc3ccccc23)ccc1[C@H](C)O. The number of aliphatic hydroxyl groups is 1. The van der Waals surface area contributed by atoms with Crippen molar-refractivity contribution in [3.63, 3.8) is 0 Å². The van der Waals surface area contributed by atoms with Crippen LogP contribution in [0.3, 0.4) is 0 Å². The molecule has 0 aliphatic carbocycles. The van der Waals surface area contributed by atoms with Gasteiger partial charge < -0.3 is 9.84 Å². The molecular weight excluding hydrogens is 284 g/mol. The van der Waals surface area contributed by atoms with Crippen LogP contribution in [0.1, 0.15) is 32.4 Å². The molecule has 2 heteroatoms. The largest absolute Gasteiger partial charge is 0.491 e. The van der Waals surface area contributed by atoms with Crippen molar-refractivity contribution >= 4 is 10.8 Å². The first-order chi connectivity index (χ1) is 11.1. The van der Waals surface area contributed by atoms with Gasteiger partial charge in [0.1, 0.15) is 5.75 Å². The van der Waals surface area contributed by atoms with Gasteiger partial charge in [-0.05, 0) is 48.7 Å². The molecule has 0 saturated heterocycles. The second-order valence-corrected chi connectivity index (χ2v) is 6.12. The number of aliphatic hydroxyl groups excluding tert-OH is 1. The maximum atomic E-state index is 9.97. The Labute approximate surface area is 137 Å². The quantitative estimate of drug-likeness (QED) is 0.704. The molecular formula is C21H22O2. The molecule has 23 heavy (non-hydrogen) atoms. The Morgan fingerprint density at radius 1 is 0.870 bits per heavy atom. The van der Waals surface area contributed by atoms with E-state index in [0.717, 1.165) is 16.9 Å². The van der Waals surface area contributed by atoms with E-state index in [0.29, 0.717) is 0 Å². The van der Waals surface area contributed by atoms with Crippen molar-refractivity contribution in [3.05, 3.63) is 66.2 Å². The van der Waals surface area contributed by atoms with Crippen LogP contribution in [0.2, 0.25) is 0 Å². The first-order valence-corrected chi connectivity index (χ1v) is 8.03. The van der Waals surface area contributed by atoms with Crippen LogP contribution in [-0.2, 0) is 0 Å². The summed E-state index contributed by atoms with van der Waals surface area (Å²) >= 11 is 0. The van der Waals surface area contributed by atoms with Gasteiger partial charge in [-0.3, -0.25) is 0 Å². The average molecular weight is 306 g/mol. The summed E-state index contributed by atoms with van der Waals surface area (Å²) in [5.41, 5.74) is 3.10. The fourth-order valence-electron chi connectivity index (χ4n) is 2.88. The fraction of sp³-hybridized carbons (Fsp3) is 0.238. The number of benzene rings is 3. The van der Waals surface area contributed by atoms with Crippen LogP contribution in [-0.4, -0.2) is 11.2 Å². The minimum atomic E-state index is -0.551. The summed E-state index contributed by atoms with van der Waals surface area (Å²) in [5, 5.41) is 12.4. The Hall–Kier alpha value is -2.32. The Kier molecular flexibility index (Phi) is 4.35. The van der Waals surface area contributed by atoms with E-state index in [1.165, 1.54) is 16.3 Å². The van der Waals surface area contributed by atoms with Crippen molar-refractivity contribution in [1.82, 2.24) is 0 Å². The maximum absolute atomic E-state index is 9.97. The molecule has 0 aliphatic rings. The molecule has 0 bridgehead atoms. The highest BCUT2D eigenvalue weighted by atomic mass is 16.5. The van der Waals surface area contributed by atoms with Gasteiger partial charge in [0.05, 0.1) is 12.2 Å². The lowest BCUT2D eigenvalue weighted by Crippen LogP contribution is -2.08. The van der Waals surface area contributed by atoms with Gasteiger partial charge >= 0.3 is 0 Å². The van der Waals surface area contributed by atoms with Crippen molar-refractivity contribution in [2.75, 3.05) is 0 Å². The lowest BCUT2D eigenvalue weighted by Gasteiger charge is -2.18. The summed E-state index contributed by atoms with van der Waals surface area (Å²) < 4.78 is 5.92. The van der Waals surface area contributed by atoms with Crippen LogP contribution in [0, 0.1) is 0 Å². The van der Waals surface area contributed by atoms with E-state index in [9.17, 15) is 5.11 Å². The summed E-state index contributed by atoms with van der Waals surface area (Å²) in [4.78, 5) is 0. The van der Waals surface area contributed by atoms with Crippen LogP contribution < -0.4 is 4.74 Å². The van der Waals surface area contributed by atoms with Gasteiger partial charge in [0.2, 0.25) is 0 Å². The molecule has 0 aromatic heterocycles. The Morgan fingerprint density at radius 3 is 2.35 bits per heavy atom. The molecule has 0 amide bonds. The summed E-state index contributed by atoms with van der Waals surface area (Å²) in [5.74, 6) is 0.750. The predicted molar refractivity (Wildman–Crippen MR) is 95.8 cm³/mol. The van der Waals surface area contributed by atoms with E-state index in [1.54, 1.807) is 6.92 Å². The zero-order chi connectivity index (χ0) is 16.4. The van der Waals surface area contributed by atoms with E-state index in [-0.39, 0.29) is 6.10 Å². The maximum Gasteiger partial charge on any atom is 0.126 e. The molecule has 3 aromatic carbocycles. The fourth-order valence-corrected chi connectivity index (χ4v) is 2.88. The smallest absolute Gasteiger partial charge is 0.126 e. The van der Waals surface area contributed by atoms with E-state index < -0.39 is 6.10 Å². The molecule has 1 atom stereocenters. The molecule has 3 aromatic rings. The predicted octanol–water partition coefficient (Wildman–Crippen LogP) is 5.35. The van der Waals surface area contributed by atoms with E-state index in [1.807, 2.05) is 26.0 Å². The molecule has 0 saturated carbocycles. The Bertz CT molecular complexity index is 814. The van der Waals surface area contributed by atoms with Crippen molar-refractivity contribution in [3.8, 4) is 16.9 Å². The van der Waals surface area contributed by atoms with E-state index in [2.05, 4.69) is 48.5 Å². The highest BCUT2D eigenvalue weighted by Crippen LogP contribution is 2.34. The topological polar surface area (TPSA) is 29.5 Å². The first kappa shape index (κ1) is 15.6. The molecule has 2 nitrogen and oxygen atoms in total. The van der Waals surface area contributed by atoms with Crippen LogP contribution in [0.4, 0.5) is 0 Å². The zero-order valence-corrected chi connectivity index (χ0v) is 13.8. The minimum absolute atomic E-state index is 0.0651. The van der Waals surface area contributed by atoms with E-state index >= 15 is 0 Å². The van der Waals surface area contributed by atoms with Crippen LogP contribution in [0.25, 0.3) is 21.9 Å². The number of ether oxygens (including phenoxy) is 1. The summed E-state index contributed by atoms with van der Waals surface area (Å²) in [7, 11) is 0. The highest BCUT2D eigenvalue weighted by molar-refractivity contribution is 5.96. The third-order valence-corrected chi connectivity index (χ3v) is 3.93. The third kappa shape index (κ3) is 3.22. The lowest BCUT2D eigenvalue weighted by molar-refractivity contribution is 0.183. The Balaban J connectivity index is 2.15. The number of rotatable bonds is 4. The third-order valence-electron chi connectivity index (χ3n) is 3.93. The minimum Gasteiger partial charge on any atom is -0.491 e. The van der Waals surface area contributed by atoms with Gasteiger partial charge in [-0.2, -0.15) is 0 Å². The number of hydrogen-bond donors (Lipinski definition) is 1. The molecule has 0 heterocycles. The van der Waals surface area contributed by atoms with Crippen LogP contribution >= 0.6 is 0 Å². The summed E-state index contributed by atoms with van der Waals surface area (Å²) in [6, 6.07) is 20.7. The molecule has 118 valence electrons. The second-order valence-electron chi connectivity index (χ2n) is 6.12. The standard InChI is InChI=1S/C21H22O2/c1-14(2)23-21-13-17(11-12-18(21)15(3)22)20-10-6-8-16-7-4-5-9-19(16)20/h4-15,22H,1-3H3/t15-/m0/s1.